The fraction of sp³-hybridized carbons (Fsp3) is 0.333. The van der Waals surface area contributed by atoms with E-state index >= 15 is 0 Å². The zero-order valence-corrected chi connectivity index (χ0v) is 46.6. The predicted molar refractivity (Wildman–Crippen MR) is 309 cm³/mol. The van der Waals surface area contributed by atoms with Crippen molar-refractivity contribution < 1.29 is 91.0 Å². The summed E-state index contributed by atoms with van der Waals surface area (Å²) in [4.78, 5) is 56.9. The second-order valence-electron chi connectivity index (χ2n) is 16.7. The predicted octanol–water partition coefficient (Wildman–Crippen LogP) is 11.8. The molecule has 0 bridgehead atoms. The Hall–Kier alpha value is -8.14. The third-order valence-electron chi connectivity index (χ3n) is 10.7. The topological polar surface area (TPSA) is 191 Å². The number of rotatable bonds is 49. The minimum Gasteiger partial charge on any atom is -0.502 e. The molecule has 0 saturated carbocycles. The maximum absolute atomic E-state index is 13.3. The molecule has 0 aliphatic heterocycles. The molecule has 0 atom stereocenters. The lowest BCUT2D eigenvalue weighted by Gasteiger charge is -2.19. The highest BCUT2D eigenvalue weighted by molar-refractivity contribution is 5.90. The number of carbonyl (C=O) groups excluding carboxylic acids is 2. The molecule has 0 spiro atoms. The number of hydrogen-bond donors (Lipinski definition) is 0. The lowest BCUT2D eigenvalue weighted by molar-refractivity contribution is -0.329. The van der Waals surface area contributed by atoms with Gasteiger partial charge in [0.1, 0.15) is 31.3 Å². The Bertz CT molecular complexity index is 2570. The van der Waals surface area contributed by atoms with E-state index in [-0.39, 0.29) is 59.6 Å². The van der Waals surface area contributed by atoms with Gasteiger partial charge in [-0.2, -0.15) is 0 Å². The van der Waals surface area contributed by atoms with E-state index in [9.17, 15) is 9.59 Å². The van der Waals surface area contributed by atoms with E-state index in [0.717, 1.165) is 16.7 Å². The molecule has 0 unspecified atom stereocenters. The first kappa shape index (κ1) is 66.4. The van der Waals surface area contributed by atoms with Gasteiger partial charge in [0.15, 0.2) is 29.8 Å². The lowest BCUT2D eigenvalue weighted by Crippen LogP contribution is -2.11. The van der Waals surface area contributed by atoms with Crippen molar-refractivity contribution in [2.45, 2.75) is 38.5 Å². The molecule has 0 aliphatic carbocycles. The SMILES string of the molecule is C=CCOOCCCOc1ccc(C=CC(=O)Oc2ccc(-c3ccc(OC(=O)C=Cc4ccc(OCCCOC=C)c(OCCCOC=C)c4CCOCOOCC=C)cc3)cc2)c(OCCCOC=C)c1OCCCOOCC=C. The highest BCUT2D eigenvalue weighted by atomic mass is 17.2. The van der Waals surface area contributed by atoms with E-state index in [1.54, 1.807) is 72.8 Å². The van der Waals surface area contributed by atoms with Crippen molar-refractivity contribution in [1.82, 2.24) is 0 Å². The van der Waals surface area contributed by atoms with Gasteiger partial charge < -0.3 is 52.1 Å². The zero-order chi connectivity index (χ0) is 58.5. The first-order valence-corrected chi connectivity index (χ1v) is 26.6. The van der Waals surface area contributed by atoms with Crippen LogP contribution in [0.25, 0.3) is 23.3 Å². The third-order valence-corrected chi connectivity index (χ3v) is 10.7. The molecule has 0 radical (unpaired) electrons. The smallest absolute Gasteiger partial charge is 0.336 e. The normalized spacial score (nSPS) is 10.9. The number of hydrogen-bond acceptors (Lipinski definition) is 19. The van der Waals surface area contributed by atoms with E-state index < -0.39 is 11.9 Å². The third kappa shape index (κ3) is 26.9. The first-order chi connectivity index (χ1) is 40.3. The Labute approximate surface area is 480 Å². The molecule has 0 fully saturated rings. The number of esters is 2. The molecule has 0 saturated heterocycles. The van der Waals surface area contributed by atoms with E-state index in [4.69, 9.17) is 81.4 Å². The van der Waals surface area contributed by atoms with Crippen LogP contribution < -0.4 is 33.2 Å². The van der Waals surface area contributed by atoms with Crippen LogP contribution >= 0.6 is 0 Å². The van der Waals surface area contributed by atoms with Gasteiger partial charge in [0.2, 0.25) is 5.75 Å². The molecule has 4 aromatic rings. The van der Waals surface area contributed by atoms with Crippen LogP contribution in [0.4, 0.5) is 0 Å². The zero-order valence-electron chi connectivity index (χ0n) is 46.6. The summed E-state index contributed by atoms with van der Waals surface area (Å²) in [7, 11) is 0. The van der Waals surface area contributed by atoms with Crippen molar-refractivity contribution in [3.05, 3.63) is 178 Å². The minimum absolute atomic E-state index is 0.114. The molecule has 0 heterocycles. The molecule has 0 aromatic heterocycles. The van der Waals surface area contributed by atoms with Crippen LogP contribution in [0.2, 0.25) is 0 Å². The summed E-state index contributed by atoms with van der Waals surface area (Å²) in [5.74, 6) is 1.49. The number of benzene rings is 4. The summed E-state index contributed by atoms with van der Waals surface area (Å²) in [6, 6.07) is 21.1. The highest BCUT2D eigenvalue weighted by Gasteiger charge is 2.19. The summed E-state index contributed by atoms with van der Waals surface area (Å²) >= 11 is 0. The molecule has 442 valence electrons. The molecular formula is C63H76O19. The van der Waals surface area contributed by atoms with Crippen LogP contribution in [-0.2, 0) is 64.3 Å². The van der Waals surface area contributed by atoms with E-state index in [2.05, 4.69) is 39.5 Å². The fourth-order valence-corrected chi connectivity index (χ4v) is 6.95. The van der Waals surface area contributed by atoms with Crippen molar-refractivity contribution in [2.24, 2.45) is 0 Å². The van der Waals surface area contributed by atoms with Crippen molar-refractivity contribution in [1.29, 1.82) is 0 Å². The maximum Gasteiger partial charge on any atom is 0.336 e. The Morgan fingerprint density at radius 2 is 0.805 bits per heavy atom. The molecule has 4 rings (SSSR count). The van der Waals surface area contributed by atoms with Crippen LogP contribution in [0, 0.1) is 0 Å². The highest BCUT2D eigenvalue weighted by Crippen LogP contribution is 2.42. The van der Waals surface area contributed by atoms with Crippen LogP contribution in [0.1, 0.15) is 48.8 Å². The van der Waals surface area contributed by atoms with Crippen LogP contribution in [-0.4, -0.2) is 111 Å². The standard InChI is InChI=1S/C63H76O19/c1-7-35-75-78-46-16-42-71-58-31-23-53(61(72-43-14-39-67-11-5)63(58)74-45-17-47-79-76-36-8-2)25-33-60(65)82-55-28-20-51(21-29-55)50-18-26-54(27-19-50)81-59(64)32-24-52-22-30-57(70-41-13-38-66-10-4)62(73-44-15-40-68-12-6)56(52)34-48-69-49-80-77-37-9-3/h7-12,18-33H,1-6,13-17,34-49H2. The van der Waals surface area contributed by atoms with Crippen molar-refractivity contribution in [2.75, 3.05) is 99.3 Å². The molecule has 19 nitrogen and oxygen atoms in total. The fourth-order valence-electron chi connectivity index (χ4n) is 6.95. The van der Waals surface area contributed by atoms with Gasteiger partial charge in [0.05, 0.1) is 91.5 Å². The Morgan fingerprint density at radius 3 is 1.29 bits per heavy atom. The maximum atomic E-state index is 13.3. The average Bonchev–Trinajstić information content (AvgIpc) is 3.70. The molecule has 0 aliphatic rings. The van der Waals surface area contributed by atoms with Gasteiger partial charge in [-0.05, 0) is 71.3 Å². The summed E-state index contributed by atoms with van der Waals surface area (Å²) in [6.07, 6.45) is 17.8. The second kappa shape index (κ2) is 42.7. The molecular weight excluding hydrogens is 1060 g/mol. The van der Waals surface area contributed by atoms with Gasteiger partial charge in [-0.1, -0.05) is 68.3 Å². The van der Waals surface area contributed by atoms with Gasteiger partial charge in [-0.3, -0.25) is 0 Å². The van der Waals surface area contributed by atoms with Gasteiger partial charge in [0.25, 0.3) is 0 Å². The molecule has 82 heavy (non-hydrogen) atoms. The first-order valence-electron chi connectivity index (χ1n) is 26.6. The van der Waals surface area contributed by atoms with Crippen molar-refractivity contribution in [3.63, 3.8) is 0 Å². The Balaban J connectivity index is 1.45. The molecule has 0 amide bonds. The monoisotopic (exact) mass is 1140 g/mol. The van der Waals surface area contributed by atoms with Gasteiger partial charge in [-0.15, -0.1) is 19.7 Å². The van der Waals surface area contributed by atoms with Gasteiger partial charge >= 0.3 is 11.9 Å². The van der Waals surface area contributed by atoms with E-state index in [1.165, 1.54) is 30.9 Å². The summed E-state index contributed by atoms with van der Waals surface area (Å²) < 4.78 is 63.9. The molecule has 4 aromatic carbocycles. The van der Waals surface area contributed by atoms with Crippen LogP contribution in [0.15, 0.2) is 161 Å². The van der Waals surface area contributed by atoms with Crippen LogP contribution in [0.5, 0.6) is 40.2 Å². The number of carbonyl (C=O) groups is 2. The summed E-state index contributed by atoms with van der Waals surface area (Å²) in [6.45, 7) is 25.6. The van der Waals surface area contributed by atoms with Crippen molar-refractivity contribution in [3.8, 4) is 51.4 Å². The summed E-state index contributed by atoms with van der Waals surface area (Å²) in [5, 5.41) is 0. The summed E-state index contributed by atoms with van der Waals surface area (Å²) in [5.41, 5.74) is 3.58. The Morgan fingerprint density at radius 1 is 0.390 bits per heavy atom. The number of ether oxygens (including phenoxy) is 11. The van der Waals surface area contributed by atoms with Crippen molar-refractivity contribution >= 4 is 24.1 Å². The Kier molecular flexibility index (Phi) is 34.6. The molecule has 0 N–H and O–H groups in total. The van der Waals surface area contributed by atoms with Gasteiger partial charge in [-0.25, -0.2) is 38.9 Å². The quantitative estimate of drug-likeness (QED) is 0.00466. The lowest BCUT2D eigenvalue weighted by atomic mass is 10.0. The van der Waals surface area contributed by atoms with Crippen LogP contribution in [0.3, 0.4) is 0 Å². The van der Waals surface area contributed by atoms with E-state index in [0.29, 0.717) is 130 Å². The molecule has 19 heteroatoms. The largest absolute Gasteiger partial charge is 0.502 e. The average molecular weight is 1140 g/mol. The minimum atomic E-state index is -0.635. The van der Waals surface area contributed by atoms with Gasteiger partial charge in [0, 0.05) is 61.8 Å². The van der Waals surface area contributed by atoms with E-state index in [1.807, 2.05) is 30.3 Å². The second-order valence-corrected chi connectivity index (χ2v) is 16.7.